The Balaban J connectivity index is 2.27. The first-order chi connectivity index (χ1) is 11.2. The van der Waals surface area contributed by atoms with E-state index in [2.05, 4.69) is 4.74 Å². The van der Waals surface area contributed by atoms with Crippen molar-refractivity contribution in [2.45, 2.75) is 29.8 Å². The van der Waals surface area contributed by atoms with Crippen molar-refractivity contribution in [2.75, 3.05) is 0 Å². The molecule has 1 unspecified atom stereocenters. The summed E-state index contributed by atoms with van der Waals surface area (Å²) in [5, 5.41) is 5.30. The van der Waals surface area contributed by atoms with Gasteiger partial charge in [-0.2, -0.15) is 8.78 Å². The first kappa shape index (κ1) is 18.1. The highest BCUT2D eigenvalue weighted by atomic mass is 32.2. The second-order valence-electron chi connectivity index (χ2n) is 4.87. The highest BCUT2D eigenvalue weighted by Gasteiger charge is 2.54. The SMILES string of the molecule is CC(=O)OCc1ccc(C(O)C(F)(F)S(=O)(=O)c2ccccc2)o1. The van der Waals surface area contributed by atoms with E-state index in [-0.39, 0.29) is 12.4 Å². The van der Waals surface area contributed by atoms with Crippen LogP contribution in [0.1, 0.15) is 24.5 Å². The van der Waals surface area contributed by atoms with E-state index in [4.69, 9.17) is 4.42 Å². The molecule has 0 fully saturated rings. The number of rotatable bonds is 6. The Hall–Kier alpha value is -2.26. The lowest BCUT2D eigenvalue weighted by atomic mass is 10.3. The van der Waals surface area contributed by atoms with Crippen LogP contribution < -0.4 is 0 Å². The lowest BCUT2D eigenvalue weighted by Crippen LogP contribution is -2.35. The fourth-order valence-corrected chi connectivity index (χ4v) is 3.10. The molecule has 0 aliphatic carbocycles. The molecule has 0 saturated carbocycles. The fourth-order valence-electron chi connectivity index (χ4n) is 1.86. The van der Waals surface area contributed by atoms with Gasteiger partial charge in [0.15, 0.2) is 6.10 Å². The summed E-state index contributed by atoms with van der Waals surface area (Å²) >= 11 is 0. The Labute approximate surface area is 136 Å². The molecule has 0 bridgehead atoms. The van der Waals surface area contributed by atoms with E-state index in [1.807, 2.05) is 0 Å². The maximum absolute atomic E-state index is 14.3. The molecule has 24 heavy (non-hydrogen) atoms. The van der Waals surface area contributed by atoms with Crippen LogP contribution in [0.3, 0.4) is 0 Å². The van der Waals surface area contributed by atoms with Gasteiger partial charge in [0.25, 0.3) is 0 Å². The number of aliphatic hydroxyl groups excluding tert-OH is 1. The number of carbonyl (C=O) groups is 1. The van der Waals surface area contributed by atoms with Crippen molar-refractivity contribution in [3.8, 4) is 0 Å². The van der Waals surface area contributed by atoms with Crippen LogP contribution in [0.25, 0.3) is 0 Å². The van der Waals surface area contributed by atoms with Crippen LogP contribution in [0.4, 0.5) is 8.78 Å². The monoisotopic (exact) mass is 360 g/mol. The summed E-state index contributed by atoms with van der Waals surface area (Å²) in [5.74, 6) is -1.26. The van der Waals surface area contributed by atoms with Crippen LogP contribution in [0.2, 0.25) is 0 Å². The van der Waals surface area contributed by atoms with Crippen molar-refractivity contribution in [1.82, 2.24) is 0 Å². The maximum atomic E-state index is 14.3. The first-order valence-corrected chi connectivity index (χ1v) is 8.22. The number of hydrogen-bond donors (Lipinski definition) is 1. The Morgan fingerprint density at radius 3 is 2.46 bits per heavy atom. The zero-order chi connectivity index (χ0) is 18.0. The quantitative estimate of drug-likeness (QED) is 0.795. The number of benzene rings is 1. The third-order valence-corrected chi connectivity index (χ3v) is 4.93. The molecule has 0 amide bonds. The molecular formula is C15H14F2O6S. The number of carbonyl (C=O) groups excluding carboxylic acids is 1. The second-order valence-corrected chi connectivity index (χ2v) is 6.89. The third-order valence-electron chi connectivity index (χ3n) is 3.10. The largest absolute Gasteiger partial charge is 0.459 e. The van der Waals surface area contributed by atoms with E-state index in [0.717, 1.165) is 25.1 Å². The molecule has 6 nitrogen and oxygen atoms in total. The van der Waals surface area contributed by atoms with Crippen molar-refractivity contribution in [3.63, 3.8) is 0 Å². The highest BCUT2D eigenvalue weighted by molar-refractivity contribution is 7.92. The summed E-state index contributed by atoms with van der Waals surface area (Å²) in [4.78, 5) is 10.1. The van der Waals surface area contributed by atoms with Crippen LogP contribution >= 0.6 is 0 Å². The summed E-state index contributed by atoms with van der Waals surface area (Å²) in [6.07, 6.45) is -2.71. The molecule has 1 heterocycles. The number of furan rings is 1. The Bertz CT molecular complexity index is 813. The van der Waals surface area contributed by atoms with Gasteiger partial charge in [0.2, 0.25) is 9.84 Å². The van der Waals surface area contributed by atoms with Gasteiger partial charge in [0.1, 0.15) is 18.1 Å². The average Bonchev–Trinajstić information content (AvgIpc) is 3.01. The number of esters is 1. The summed E-state index contributed by atoms with van der Waals surface area (Å²) in [5.41, 5.74) is 0. The van der Waals surface area contributed by atoms with Gasteiger partial charge in [0.05, 0.1) is 4.90 Å². The average molecular weight is 360 g/mol. The molecule has 1 aromatic heterocycles. The van der Waals surface area contributed by atoms with Crippen LogP contribution in [0, 0.1) is 0 Å². The second kappa shape index (κ2) is 6.70. The fraction of sp³-hybridized carbons (Fsp3) is 0.267. The van der Waals surface area contributed by atoms with Crippen LogP contribution in [-0.4, -0.2) is 24.7 Å². The molecular weight excluding hydrogens is 346 g/mol. The predicted octanol–water partition coefficient (Wildman–Crippen LogP) is 2.44. The summed E-state index contributed by atoms with van der Waals surface area (Å²) in [6, 6.07) is 8.26. The van der Waals surface area contributed by atoms with E-state index in [1.165, 1.54) is 24.3 Å². The normalized spacial score (nSPS) is 13.5. The molecule has 1 N–H and O–H groups in total. The molecule has 1 atom stereocenters. The predicted molar refractivity (Wildman–Crippen MR) is 77.7 cm³/mol. The summed E-state index contributed by atoms with van der Waals surface area (Å²) in [6.45, 7) is 0.832. The van der Waals surface area contributed by atoms with Gasteiger partial charge in [0, 0.05) is 6.92 Å². The number of aliphatic hydroxyl groups is 1. The van der Waals surface area contributed by atoms with E-state index < -0.39 is 37.8 Å². The maximum Gasteiger partial charge on any atom is 0.382 e. The Morgan fingerprint density at radius 2 is 1.88 bits per heavy atom. The van der Waals surface area contributed by atoms with Gasteiger partial charge in [-0.15, -0.1) is 0 Å². The minimum Gasteiger partial charge on any atom is -0.459 e. The van der Waals surface area contributed by atoms with Gasteiger partial charge < -0.3 is 14.3 Å². The van der Waals surface area contributed by atoms with E-state index >= 15 is 0 Å². The number of ether oxygens (including phenoxy) is 1. The summed E-state index contributed by atoms with van der Waals surface area (Å²) < 4.78 is 62.3. The molecule has 2 aromatic rings. The van der Waals surface area contributed by atoms with Crippen LogP contribution in [-0.2, 0) is 26.0 Å². The van der Waals surface area contributed by atoms with Crippen molar-refractivity contribution in [3.05, 3.63) is 54.0 Å². The smallest absolute Gasteiger partial charge is 0.382 e. The van der Waals surface area contributed by atoms with Crippen LogP contribution in [0.15, 0.2) is 51.8 Å². The molecule has 130 valence electrons. The van der Waals surface area contributed by atoms with E-state index in [0.29, 0.717) is 0 Å². The Kier molecular flexibility index (Phi) is 5.05. The molecule has 0 aliphatic rings. The standard InChI is InChI=1S/C15H14F2O6S/c1-10(18)22-9-11-7-8-13(23-11)14(19)15(16,17)24(20,21)12-5-3-2-4-6-12/h2-8,14,19H,9H2,1H3. The molecule has 2 rings (SSSR count). The zero-order valence-electron chi connectivity index (χ0n) is 12.5. The van der Waals surface area contributed by atoms with Gasteiger partial charge >= 0.3 is 11.2 Å². The minimum atomic E-state index is -5.13. The Morgan fingerprint density at radius 1 is 1.25 bits per heavy atom. The van der Waals surface area contributed by atoms with E-state index in [1.54, 1.807) is 0 Å². The number of sulfone groups is 1. The lowest BCUT2D eigenvalue weighted by molar-refractivity contribution is -0.142. The number of halogens is 2. The van der Waals surface area contributed by atoms with Crippen molar-refractivity contribution in [2.24, 2.45) is 0 Å². The van der Waals surface area contributed by atoms with Crippen LogP contribution in [0.5, 0.6) is 0 Å². The molecule has 1 aromatic carbocycles. The lowest BCUT2D eigenvalue weighted by Gasteiger charge is -2.21. The third kappa shape index (κ3) is 3.46. The highest BCUT2D eigenvalue weighted by Crippen LogP contribution is 2.40. The number of alkyl halides is 2. The van der Waals surface area contributed by atoms with Gasteiger partial charge in [-0.3, -0.25) is 4.79 Å². The van der Waals surface area contributed by atoms with Crippen molar-refractivity contribution >= 4 is 15.8 Å². The molecule has 9 heteroatoms. The first-order valence-electron chi connectivity index (χ1n) is 6.74. The topological polar surface area (TPSA) is 93.8 Å². The van der Waals surface area contributed by atoms with Crippen molar-refractivity contribution in [1.29, 1.82) is 0 Å². The molecule has 0 radical (unpaired) electrons. The van der Waals surface area contributed by atoms with Gasteiger partial charge in [-0.1, -0.05) is 18.2 Å². The summed E-state index contributed by atoms with van der Waals surface area (Å²) in [7, 11) is -5.13. The zero-order valence-corrected chi connectivity index (χ0v) is 13.3. The molecule has 0 spiro atoms. The molecule has 0 aliphatic heterocycles. The molecule has 0 saturated heterocycles. The van der Waals surface area contributed by atoms with Crippen molar-refractivity contribution < 1.29 is 36.3 Å². The minimum absolute atomic E-state index is 0.00726. The number of hydrogen-bond acceptors (Lipinski definition) is 6. The van der Waals surface area contributed by atoms with Gasteiger partial charge in [-0.25, -0.2) is 8.42 Å². The van der Waals surface area contributed by atoms with Gasteiger partial charge in [-0.05, 0) is 24.3 Å². The van der Waals surface area contributed by atoms with E-state index in [9.17, 15) is 27.1 Å².